The SMILES string of the molecule is COc1ccc(N2C(=O)[C@@H](N)[C@@H]2c2ccc(C(F)(F)F)cc2)cc1Cl. The molecule has 0 unspecified atom stereocenters. The highest BCUT2D eigenvalue weighted by Gasteiger charge is 2.47. The number of ether oxygens (including phenoxy) is 1. The van der Waals surface area contributed by atoms with Gasteiger partial charge in [0.05, 0.1) is 23.7 Å². The summed E-state index contributed by atoms with van der Waals surface area (Å²) < 4.78 is 43.2. The van der Waals surface area contributed by atoms with Gasteiger partial charge in [-0.15, -0.1) is 0 Å². The van der Waals surface area contributed by atoms with Gasteiger partial charge in [-0.25, -0.2) is 0 Å². The molecule has 0 aromatic heterocycles. The molecule has 2 N–H and O–H groups in total. The van der Waals surface area contributed by atoms with E-state index in [-0.39, 0.29) is 5.91 Å². The van der Waals surface area contributed by atoms with Crippen LogP contribution in [0, 0.1) is 0 Å². The molecule has 1 amide bonds. The first kappa shape index (κ1) is 17.6. The second-order valence-corrected chi connectivity index (χ2v) is 6.02. The van der Waals surface area contributed by atoms with Gasteiger partial charge in [0.25, 0.3) is 0 Å². The van der Waals surface area contributed by atoms with Crippen LogP contribution in [0.25, 0.3) is 0 Å². The Balaban J connectivity index is 1.92. The number of hydrogen-bond donors (Lipinski definition) is 1. The van der Waals surface area contributed by atoms with Crippen LogP contribution in [-0.2, 0) is 11.0 Å². The average Bonchev–Trinajstić information content (AvgIpc) is 2.58. The molecule has 2 aromatic carbocycles. The third-order valence-electron chi connectivity index (χ3n) is 4.13. The molecule has 0 aliphatic carbocycles. The Kier molecular flexibility index (Phi) is 4.38. The molecule has 1 aliphatic rings. The van der Waals surface area contributed by atoms with Crippen LogP contribution in [-0.4, -0.2) is 19.1 Å². The smallest absolute Gasteiger partial charge is 0.416 e. The van der Waals surface area contributed by atoms with Gasteiger partial charge >= 0.3 is 6.18 Å². The van der Waals surface area contributed by atoms with E-state index in [2.05, 4.69) is 0 Å². The van der Waals surface area contributed by atoms with Gasteiger partial charge in [0.1, 0.15) is 11.8 Å². The number of nitrogens with zero attached hydrogens (tertiary/aromatic N) is 1. The molecular weight excluding hydrogens is 357 g/mol. The minimum Gasteiger partial charge on any atom is -0.495 e. The van der Waals surface area contributed by atoms with Crippen molar-refractivity contribution in [3.63, 3.8) is 0 Å². The lowest BCUT2D eigenvalue weighted by Crippen LogP contribution is -2.63. The summed E-state index contributed by atoms with van der Waals surface area (Å²) in [7, 11) is 1.47. The third kappa shape index (κ3) is 3.05. The van der Waals surface area contributed by atoms with E-state index in [0.29, 0.717) is 22.0 Å². The van der Waals surface area contributed by atoms with E-state index in [1.165, 1.54) is 24.1 Å². The number of methoxy groups -OCH3 is 1. The molecule has 1 saturated heterocycles. The molecule has 1 aliphatic heterocycles. The van der Waals surface area contributed by atoms with Crippen LogP contribution in [0.15, 0.2) is 42.5 Å². The summed E-state index contributed by atoms with van der Waals surface area (Å²) in [6.07, 6.45) is -4.42. The maximum absolute atomic E-state index is 12.7. The van der Waals surface area contributed by atoms with Crippen molar-refractivity contribution in [3.8, 4) is 5.75 Å². The van der Waals surface area contributed by atoms with Crippen molar-refractivity contribution in [1.29, 1.82) is 0 Å². The quantitative estimate of drug-likeness (QED) is 0.836. The van der Waals surface area contributed by atoms with Gasteiger partial charge in [-0.1, -0.05) is 23.7 Å². The predicted molar refractivity (Wildman–Crippen MR) is 87.7 cm³/mol. The number of carbonyl (C=O) groups is 1. The number of nitrogens with two attached hydrogens (primary N) is 1. The number of hydrogen-bond acceptors (Lipinski definition) is 3. The van der Waals surface area contributed by atoms with Crippen molar-refractivity contribution >= 4 is 23.2 Å². The zero-order valence-electron chi connectivity index (χ0n) is 13.0. The summed E-state index contributed by atoms with van der Waals surface area (Å²) in [5.41, 5.74) is 6.14. The van der Waals surface area contributed by atoms with Crippen molar-refractivity contribution in [2.45, 2.75) is 18.3 Å². The van der Waals surface area contributed by atoms with Crippen molar-refractivity contribution in [2.75, 3.05) is 12.0 Å². The summed E-state index contributed by atoms with van der Waals surface area (Å²) in [5, 5.41) is 0.319. The number of benzene rings is 2. The lowest BCUT2D eigenvalue weighted by Gasteiger charge is -2.45. The number of alkyl halides is 3. The molecule has 0 saturated carbocycles. The monoisotopic (exact) mass is 370 g/mol. The fourth-order valence-electron chi connectivity index (χ4n) is 2.83. The van der Waals surface area contributed by atoms with Crippen LogP contribution in [0.3, 0.4) is 0 Å². The molecule has 0 radical (unpaired) electrons. The lowest BCUT2D eigenvalue weighted by atomic mass is 9.88. The molecule has 2 aromatic rings. The van der Waals surface area contributed by atoms with E-state index in [1.54, 1.807) is 18.2 Å². The Hall–Kier alpha value is -2.25. The number of rotatable bonds is 3. The first-order valence-electron chi connectivity index (χ1n) is 7.33. The van der Waals surface area contributed by atoms with Gasteiger partial charge in [-0.05, 0) is 35.9 Å². The highest BCUT2D eigenvalue weighted by molar-refractivity contribution is 6.32. The van der Waals surface area contributed by atoms with Crippen LogP contribution in [0.5, 0.6) is 5.75 Å². The molecule has 0 spiro atoms. The molecule has 1 heterocycles. The Morgan fingerprint density at radius 3 is 2.32 bits per heavy atom. The zero-order chi connectivity index (χ0) is 18.4. The van der Waals surface area contributed by atoms with Gasteiger partial charge in [0.15, 0.2) is 0 Å². The van der Waals surface area contributed by atoms with Gasteiger partial charge < -0.3 is 15.4 Å². The maximum atomic E-state index is 12.7. The standard InChI is InChI=1S/C17H14ClF3N2O2/c1-25-13-7-6-11(8-12(13)18)23-15(14(22)16(23)24)9-2-4-10(5-3-9)17(19,20)21/h2-8,14-15H,22H2,1H3/t14-,15-/m0/s1. The van der Waals surface area contributed by atoms with E-state index in [1.807, 2.05) is 0 Å². The van der Waals surface area contributed by atoms with E-state index in [0.717, 1.165) is 12.1 Å². The normalized spacial score (nSPS) is 20.4. The largest absolute Gasteiger partial charge is 0.495 e. The average molecular weight is 371 g/mol. The highest BCUT2D eigenvalue weighted by atomic mass is 35.5. The van der Waals surface area contributed by atoms with Gasteiger partial charge in [-0.3, -0.25) is 4.79 Å². The minimum atomic E-state index is -4.42. The van der Waals surface area contributed by atoms with E-state index < -0.39 is 23.8 Å². The molecule has 2 atom stereocenters. The second kappa shape index (κ2) is 6.24. The predicted octanol–water partition coefficient (Wildman–Crippen LogP) is 3.78. The number of β-lactam (4-membered cyclic amide) rings is 1. The Morgan fingerprint density at radius 1 is 1.16 bits per heavy atom. The van der Waals surface area contributed by atoms with Crippen molar-refractivity contribution in [3.05, 3.63) is 58.6 Å². The van der Waals surface area contributed by atoms with Crippen LogP contribution in [0.1, 0.15) is 17.2 Å². The molecule has 4 nitrogen and oxygen atoms in total. The third-order valence-corrected chi connectivity index (χ3v) is 4.43. The topological polar surface area (TPSA) is 55.6 Å². The lowest BCUT2D eigenvalue weighted by molar-refractivity contribution is -0.137. The van der Waals surface area contributed by atoms with Gasteiger partial charge in [0, 0.05) is 5.69 Å². The number of anilines is 1. The van der Waals surface area contributed by atoms with Crippen LogP contribution >= 0.6 is 11.6 Å². The summed E-state index contributed by atoms with van der Waals surface area (Å²) in [4.78, 5) is 13.6. The number of amides is 1. The molecule has 25 heavy (non-hydrogen) atoms. The second-order valence-electron chi connectivity index (χ2n) is 5.62. The van der Waals surface area contributed by atoms with Gasteiger partial charge in [-0.2, -0.15) is 13.2 Å². The fraction of sp³-hybridized carbons (Fsp3) is 0.235. The van der Waals surface area contributed by atoms with E-state index in [9.17, 15) is 18.0 Å². The van der Waals surface area contributed by atoms with Crippen molar-refractivity contribution in [2.24, 2.45) is 5.73 Å². The molecular formula is C17H14ClF3N2O2. The molecule has 3 rings (SSSR count). The molecule has 1 fully saturated rings. The first-order chi connectivity index (χ1) is 11.7. The van der Waals surface area contributed by atoms with Crippen molar-refractivity contribution < 1.29 is 22.7 Å². The molecule has 8 heteroatoms. The summed E-state index contributed by atoms with van der Waals surface area (Å²) in [5.74, 6) is 0.125. The van der Waals surface area contributed by atoms with E-state index >= 15 is 0 Å². The fourth-order valence-corrected chi connectivity index (χ4v) is 3.08. The van der Waals surface area contributed by atoms with Crippen LogP contribution in [0.4, 0.5) is 18.9 Å². The molecule has 132 valence electrons. The van der Waals surface area contributed by atoms with Crippen molar-refractivity contribution in [1.82, 2.24) is 0 Å². The minimum absolute atomic E-state index is 0.319. The first-order valence-corrected chi connectivity index (χ1v) is 7.71. The number of halogens is 4. The van der Waals surface area contributed by atoms with Gasteiger partial charge in [0.2, 0.25) is 5.91 Å². The zero-order valence-corrected chi connectivity index (χ0v) is 13.8. The summed E-state index contributed by atoms with van der Waals surface area (Å²) >= 11 is 6.08. The van der Waals surface area contributed by atoms with Crippen LogP contribution in [0.2, 0.25) is 5.02 Å². The Morgan fingerprint density at radius 2 is 1.80 bits per heavy atom. The highest BCUT2D eigenvalue weighted by Crippen LogP contribution is 2.41. The maximum Gasteiger partial charge on any atom is 0.416 e. The van der Waals surface area contributed by atoms with E-state index in [4.69, 9.17) is 22.1 Å². The summed E-state index contributed by atoms with van der Waals surface area (Å²) in [6.45, 7) is 0. The Bertz CT molecular complexity index is 809. The van der Waals surface area contributed by atoms with Crippen LogP contribution < -0.4 is 15.4 Å². The Labute approximate surface area is 146 Å². The summed E-state index contributed by atoms with van der Waals surface area (Å²) in [6, 6.07) is 8.05. The number of carbonyl (C=O) groups excluding carboxylic acids is 1. The molecule has 0 bridgehead atoms.